The number of rotatable bonds is 1. The monoisotopic (exact) mass is 202 g/mol. The molecule has 80 valence electrons. The first-order valence-electron chi connectivity index (χ1n) is 5.68. The van der Waals surface area contributed by atoms with Crippen LogP contribution in [0.1, 0.15) is 38.3 Å². The average Bonchev–Trinajstić information content (AvgIpc) is 2.23. The van der Waals surface area contributed by atoms with Gasteiger partial charge in [0.1, 0.15) is 5.78 Å². The van der Waals surface area contributed by atoms with Gasteiger partial charge in [-0.15, -0.1) is 0 Å². The third-order valence-corrected chi connectivity index (χ3v) is 3.93. The molecule has 0 aromatic heterocycles. The number of ketones is 1. The van der Waals surface area contributed by atoms with Crippen molar-refractivity contribution in [3.63, 3.8) is 0 Å². The molecule has 1 nitrogen and oxygen atoms in total. The highest BCUT2D eigenvalue weighted by molar-refractivity contribution is 5.92. The Kier molecular flexibility index (Phi) is 2.41. The molecule has 0 aliphatic heterocycles. The molecule has 1 aliphatic rings. The SMILES string of the molecule is CC(C)C1(C)C(=O)CCc2ccccc21. The third-order valence-electron chi connectivity index (χ3n) is 3.93. The van der Waals surface area contributed by atoms with Gasteiger partial charge in [0.05, 0.1) is 5.41 Å². The van der Waals surface area contributed by atoms with Crippen LogP contribution < -0.4 is 0 Å². The van der Waals surface area contributed by atoms with Gasteiger partial charge in [0.15, 0.2) is 0 Å². The Hall–Kier alpha value is -1.11. The van der Waals surface area contributed by atoms with Crippen LogP contribution in [0, 0.1) is 5.92 Å². The number of Topliss-reactive ketones (excluding diaryl/α,β-unsaturated/α-hetero) is 1. The fourth-order valence-electron chi connectivity index (χ4n) is 2.54. The summed E-state index contributed by atoms with van der Waals surface area (Å²) in [5.74, 6) is 0.766. The van der Waals surface area contributed by atoms with Gasteiger partial charge in [0, 0.05) is 6.42 Å². The molecule has 1 aromatic rings. The van der Waals surface area contributed by atoms with Crippen molar-refractivity contribution in [2.75, 3.05) is 0 Å². The molecule has 0 saturated heterocycles. The molecule has 1 heteroatoms. The Labute approximate surface area is 91.5 Å². The van der Waals surface area contributed by atoms with Crippen molar-refractivity contribution in [3.05, 3.63) is 35.4 Å². The Morgan fingerprint density at radius 3 is 2.53 bits per heavy atom. The van der Waals surface area contributed by atoms with E-state index in [4.69, 9.17) is 0 Å². The predicted octanol–water partition coefficient (Wildman–Crippen LogP) is 3.12. The Bertz CT molecular complexity index is 392. The first-order chi connectivity index (χ1) is 7.06. The molecule has 0 bridgehead atoms. The van der Waals surface area contributed by atoms with E-state index >= 15 is 0 Å². The minimum absolute atomic E-state index is 0.269. The standard InChI is InChI=1S/C14H18O/c1-10(2)14(3)12-7-5-4-6-11(12)8-9-13(14)15/h4-7,10H,8-9H2,1-3H3. The normalized spacial score (nSPS) is 25.5. The van der Waals surface area contributed by atoms with Gasteiger partial charge in [-0.05, 0) is 30.4 Å². The van der Waals surface area contributed by atoms with Crippen molar-refractivity contribution < 1.29 is 4.79 Å². The third kappa shape index (κ3) is 1.41. The quantitative estimate of drug-likeness (QED) is 0.684. The zero-order valence-corrected chi connectivity index (χ0v) is 9.71. The molecule has 0 radical (unpaired) electrons. The molecule has 2 rings (SSSR count). The van der Waals surface area contributed by atoms with Gasteiger partial charge >= 0.3 is 0 Å². The van der Waals surface area contributed by atoms with Crippen LogP contribution in [0.25, 0.3) is 0 Å². The van der Waals surface area contributed by atoms with Gasteiger partial charge in [-0.25, -0.2) is 0 Å². The first-order valence-corrected chi connectivity index (χ1v) is 5.68. The Morgan fingerprint density at radius 1 is 1.20 bits per heavy atom. The van der Waals surface area contributed by atoms with E-state index in [-0.39, 0.29) is 5.41 Å². The molecule has 1 unspecified atom stereocenters. The fraction of sp³-hybridized carbons (Fsp3) is 0.500. The second kappa shape index (κ2) is 3.48. The Balaban J connectivity index is 2.60. The summed E-state index contributed by atoms with van der Waals surface area (Å²) < 4.78 is 0. The summed E-state index contributed by atoms with van der Waals surface area (Å²) in [6.45, 7) is 6.37. The van der Waals surface area contributed by atoms with Crippen LogP contribution in [0.3, 0.4) is 0 Å². The van der Waals surface area contributed by atoms with Crippen LogP contribution in [0.5, 0.6) is 0 Å². The summed E-state index contributed by atoms with van der Waals surface area (Å²) in [5, 5.41) is 0. The minimum Gasteiger partial charge on any atom is -0.299 e. The van der Waals surface area contributed by atoms with E-state index in [1.807, 2.05) is 6.07 Å². The lowest BCUT2D eigenvalue weighted by atomic mass is 9.64. The van der Waals surface area contributed by atoms with Crippen molar-refractivity contribution in [2.45, 2.75) is 39.0 Å². The van der Waals surface area contributed by atoms with Gasteiger partial charge in [-0.3, -0.25) is 4.79 Å². The summed E-state index contributed by atoms with van der Waals surface area (Å²) in [6.07, 6.45) is 1.61. The van der Waals surface area contributed by atoms with Crippen molar-refractivity contribution >= 4 is 5.78 Å². The highest BCUT2D eigenvalue weighted by Crippen LogP contribution is 2.39. The second-order valence-electron chi connectivity index (χ2n) is 4.94. The maximum atomic E-state index is 12.1. The second-order valence-corrected chi connectivity index (χ2v) is 4.94. The molecule has 1 aliphatic carbocycles. The zero-order chi connectivity index (χ0) is 11.1. The van der Waals surface area contributed by atoms with Crippen LogP contribution in [0.2, 0.25) is 0 Å². The van der Waals surface area contributed by atoms with Gasteiger partial charge < -0.3 is 0 Å². The topological polar surface area (TPSA) is 17.1 Å². The fourth-order valence-corrected chi connectivity index (χ4v) is 2.54. The van der Waals surface area contributed by atoms with Crippen LogP contribution in [-0.4, -0.2) is 5.78 Å². The average molecular weight is 202 g/mol. The largest absolute Gasteiger partial charge is 0.299 e. The van der Waals surface area contributed by atoms with E-state index in [9.17, 15) is 4.79 Å². The number of fused-ring (bicyclic) bond motifs is 1. The number of aryl methyl sites for hydroxylation is 1. The smallest absolute Gasteiger partial charge is 0.143 e. The van der Waals surface area contributed by atoms with Crippen molar-refractivity contribution in [2.24, 2.45) is 5.92 Å². The van der Waals surface area contributed by atoms with Crippen LogP contribution in [0.15, 0.2) is 24.3 Å². The maximum absolute atomic E-state index is 12.1. The van der Waals surface area contributed by atoms with Crippen LogP contribution >= 0.6 is 0 Å². The van der Waals surface area contributed by atoms with E-state index < -0.39 is 0 Å². The molecule has 0 heterocycles. The predicted molar refractivity (Wildman–Crippen MR) is 62.0 cm³/mol. The molecule has 0 spiro atoms. The van der Waals surface area contributed by atoms with E-state index in [1.54, 1.807) is 0 Å². The van der Waals surface area contributed by atoms with Gasteiger partial charge in [0.2, 0.25) is 0 Å². The summed E-state index contributed by atoms with van der Waals surface area (Å²) in [4.78, 5) is 12.1. The van der Waals surface area contributed by atoms with Crippen molar-refractivity contribution in [3.8, 4) is 0 Å². The molecule has 0 amide bonds. The molecule has 0 fully saturated rings. The molecular formula is C14H18O. The van der Waals surface area contributed by atoms with Gasteiger partial charge in [0.25, 0.3) is 0 Å². The summed E-state index contributed by atoms with van der Waals surface area (Å²) in [6, 6.07) is 8.38. The molecule has 0 N–H and O–H groups in total. The van der Waals surface area contributed by atoms with E-state index in [2.05, 4.69) is 39.0 Å². The molecular weight excluding hydrogens is 184 g/mol. The van der Waals surface area contributed by atoms with Crippen LogP contribution in [0.4, 0.5) is 0 Å². The number of carbonyl (C=O) groups is 1. The van der Waals surface area contributed by atoms with E-state index in [1.165, 1.54) is 11.1 Å². The highest BCUT2D eigenvalue weighted by atomic mass is 16.1. The molecule has 1 aromatic carbocycles. The lowest BCUT2D eigenvalue weighted by Crippen LogP contribution is -2.41. The lowest BCUT2D eigenvalue weighted by molar-refractivity contribution is -0.126. The number of hydrogen-bond acceptors (Lipinski definition) is 1. The zero-order valence-electron chi connectivity index (χ0n) is 9.71. The number of benzene rings is 1. The number of carbonyl (C=O) groups excluding carboxylic acids is 1. The first kappa shape index (κ1) is 10.4. The summed E-state index contributed by atoms with van der Waals surface area (Å²) in [5.41, 5.74) is 2.33. The molecule has 0 saturated carbocycles. The summed E-state index contributed by atoms with van der Waals surface area (Å²) in [7, 11) is 0. The van der Waals surface area contributed by atoms with Gasteiger partial charge in [-0.1, -0.05) is 38.1 Å². The van der Waals surface area contributed by atoms with Crippen molar-refractivity contribution in [1.29, 1.82) is 0 Å². The molecule has 15 heavy (non-hydrogen) atoms. The minimum atomic E-state index is -0.269. The highest BCUT2D eigenvalue weighted by Gasteiger charge is 2.41. The maximum Gasteiger partial charge on any atom is 0.143 e. The van der Waals surface area contributed by atoms with E-state index in [0.29, 0.717) is 18.1 Å². The van der Waals surface area contributed by atoms with Gasteiger partial charge in [-0.2, -0.15) is 0 Å². The Morgan fingerprint density at radius 2 is 1.87 bits per heavy atom. The van der Waals surface area contributed by atoms with Crippen LogP contribution in [-0.2, 0) is 16.6 Å². The van der Waals surface area contributed by atoms with E-state index in [0.717, 1.165) is 6.42 Å². The number of hydrogen-bond donors (Lipinski definition) is 0. The molecule has 1 atom stereocenters. The summed E-state index contributed by atoms with van der Waals surface area (Å²) >= 11 is 0. The van der Waals surface area contributed by atoms with Crippen molar-refractivity contribution in [1.82, 2.24) is 0 Å². The lowest BCUT2D eigenvalue weighted by Gasteiger charge is -2.37.